The van der Waals surface area contributed by atoms with E-state index in [1.54, 1.807) is 19.1 Å². The molecule has 0 aliphatic carbocycles. The number of halogens is 1. The van der Waals surface area contributed by atoms with Gasteiger partial charge in [0.05, 0.1) is 18.3 Å². The molecule has 1 aromatic heterocycles. The molecule has 1 atom stereocenters. The van der Waals surface area contributed by atoms with Crippen LogP contribution in [0, 0.1) is 12.7 Å². The fraction of sp³-hybridized carbons (Fsp3) is 0.211. The highest BCUT2D eigenvalue weighted by Crippen LogP contribution is 2.31. The summed E-state index contributed by atoms with van der Waals surface area (Å²) in [6.07, 6.45) is 0.681. The van der Waals surface area contributed by atoms with E-state index in [1.807, 2.05) is 24.3 Å². The van der Waals surface area contributed by atoms with Crippen LogP contribution < -0.4 is 10.1 Å². The van der Waals surface area contributed by atoms with Crippen LogP contribution in [0.25, 0.3) is 5.69 Å². The van der Waals surface area contributed by atoms with E-state index in [4.69, 9.17) is 4.74 Å². The molecule has 1 N–H and O–H groups in total. The largest absolute Gasteiger partial charge is 0.493 e. The number of aryl methyl sites for hydroxylation is 1. The van der Waals surface area contributed by atoms with E-state index in [-0.39, 0.29) is 23.6 Å². The third-order valence-corrected chi connectivity index (χ3v) is 4.31. The Labute approximate surface area is 149 Å². The summed E-state index contributed by atoms with van der Waals surface area (Å²) in [4.78, 5) is 16.9. The van der Waals surface area contributed by atoms with E-state index < -0.39 is 0 Å². The van der Waals surface area contributed by atoms with E-state index in [9.17, 15) is 9.18 Å². The molecule has 0 bridgehead atoms. The standard InChI is InChI=1S/C19H17FN4O2/c1-12-21-18(23-24(12)14-8-6-13(20)7-9-14)19(25)22-16-10-11-26-17-5-3-2-4-15(16)17/h2-9,16H,10-11H2,1H3,(H,22,25). The number of benzene rings is 2. The maximum atomic E-state index is 13.1. The number of aromatic nitrogens is 3. The summed E-state index contributed by atoms with van der Waals surface area (Å²) < 4.78 is 20.2. The number of nitrogens with zero attached hydrogens (tertiary/aromatic N) is 3. The summed E-state index contributed by atoms with van der Waals surface area (Å²) in [5, 5.41) is 7.25. The molecule has 0 saturated heterocycles. The highest BCUT2D eigenvalue weighted by atomic mass is 19.1. The quantitative estimate of drug-likeness (QED) is 0.787. The van der Waals surface area contributed by atoms with Crippen molar-refractivity contribution in [1.82, 2.24) is 20.1 Å². The maximum absolute atomic E-state index is 13.1. The molecule has 4 rings (SSSR count). The summed E-state index contributed by atoms with van der Waals surface area (Å²) in [7, 11) is 0. The number of hydrogen-bond acceptors (Lipinski definition) is 4. The van der Waals surface area contributed by atoms with Gasteiger partial charge in [-0.15, -0.1) is 5.10 Å². The first-order valence-corrected chi connectivity index (χ1v) is 8.34. The van der Waals surface area contributed by atoms with E-state index in [0.29, 0.717) is 24.5 Å². The normalized spacial score (nSPS) is 15.8. The number of nitrogens with one attached hydrogen (secondary N) is 1. The maximum Gasteiger partial charge on any atom is 0.291 e. The molecule has 1 aliphatic heterocycles. The Balaban J connectivity index is 1.56. The van der Waals surface area contributed by atoms with E-state index in [2.05, 4.69) is 15.4 Å². The minimum atomic E-state index is -0.351. The van der Waals surface area contributed by atoms with Crippen molar-refractivity contribution in [2.75, 3.05) is 6.61 Å². The van der Waals surface area contributed by atoms with Gasteiger partial charge in [0, 0.05) is 12.0 Å². The number of ether oxygens (including phenoxy) is 1. The molecular formula is C19H17FN4O2. The Kier molecular flexibility index (Phi) is 4.12. The molecule has 0 fully saturated rings. The number of carbonyl (C=O) groups is 1. The lowest BCUT2D eigenvalue weighted by molar-refractivity contribution is 0.0914. The Hall–Kier alpha value is -3.22. The van der Waals surface area contributed by atoms with Crippen molar-refractivity contribution >= 4 is 5.91 Å². The van der Waals surface area contributed by atoms with Crippen molar-refractivity contribution in [3.8, 4) is 11.4 Å². The number of para-hydroxylation sites is 1. The molecule has 7 heteroatoms. The number of carbonyl (C=O) groups excluding carboxylic acids is 1. The van der Waals surface area contributed by atoms with Crippen LogP contribution in [-0.4, -0.2) is 27.3 Å². The monoisotopic (exact) mass is 352 g/mol. The molecule has 2 heterocycles. The lowest BCUT2D eigenvalue weighted by Gasteiger charge is -2.26. The van der Waals surface area contributed by atoms with Crippen molar-refractivity contribution in [3.05, 3.63) is 71.6 Å². The average molecular weight is 352 g/mol. The van der Waals surface area contributed by atoms with Crippen molar-refractivity contribution < 1.29 is 13.9 Å². The first-order valence-electron chi connectivity index (χ1n) is 8.34. The van der Waals surface area contributed by atoms with Crippen molar-refractivity contribution in [2.24, 2.45) is 0 Å². The minimum Gasteiger partial charge on any atom is -0.493 e. The molecule has 3 aromatic rings. The number of rotatable bonds is 3. The van der Waals surface area contributed by atoms with Crippen LogP contribution in [0.2, 0.25) is 0 Å². The highest BCUT2D eigenvalue weighted by molar-refractivity contribution is 5.90. The Bertz CT molecular complexity index is 952. The van der Waals surface area contributed by atoms with Gasteiger partial charge < -0.3 is 10.1 Å². The molecule has 132 valence electrons. The number of hydrogen-bond donors (Lipinski definition) is 1. The van der Waals surface area contributed by atoms with E-state index in [1.165, 1.54) is 16.8 Å². The van der Waals surface area contributed by atoms with Crippen molar-refractivity contribution in [2.45, 2.75) is 19.4 Å². The predicted molar refractivity (Wildman–Crippen MR) is 92.8 cm³/mol. The highest BCUT2D eigenvalue weighted by Gasteiger charge is 2.25. The van der Waals surface area contributed by atoms with Crippen LogP contribution in [-0.2, 0) is 0 Å². The Morgan fingerprint density at radius 1 is 1.23 bits per heavy atom. The van der Waals surface area contributed by atoms with Crippen molar-refractivity contribution in [3.63, 3.8) is 0 Å². The summed E-state index contributed by atoms with van der Waals surface area (Å²) in [5.74, 6) is 0.730. The molecule has 0 spiro atoms. The zero-order valence-corrected chi connectivity index (χ0v) is 14.1. The fourth-order valence-corrected chi connectivity index (χ4v) is 3.03. The van der Waals surface area contributed by atoms with Crippen LogP contribution in [0.1, 0.15) is 34.5 Å². The van der Waals surface area contributed by atoms with Crippen LogP contribution in [0.3, 0.4) is 0 Å². The third kappa shape index (κ3) is 3.03. The Morgan fingerprint density at radius 3 is 2.81 bits per heavy atom. The first kappa shape index (κ1) is 16.3. The smallest absolute Gasteiger partial charge is 0.291 e. The van der Waals surface area contributed by atoms with Gasteiger partial charge in [-0.1, -0.05) is 18.2 Å². The second-order valence-corrected chi connectivity index (χ2v) is 6.07. The minimum absolute atomic E-state index is 0.0794. The van der Waals surface area contributed by atoms with Gasteiger partial charge in [-0.3, -0.25) is 4.79 Å². The number of amides is 1. The molecule has 0 saturated carbocycles. The Morgan fingerprint density at radius 2 is 2.00 bits per heavy atom. The zero-order valence-electron chi connectivity index (χ0n) is 14.1. The fourth-order valence-electron chi connectivity index (χ4n) is 3.03. The zero-order chi connectivity index (χ0) is 18.1. The lowest BCUT2D eigenvalue weighted by atomic mass is 10.0. The molecule has 1 amide bonds. The van der Waals surface area contributed by atoms with Gasteiger partial charge in [0.15, 0.2) is 0 Å². The third-order valence-electron chi connectivity index (χ3n) is 4.31. The van der Waals surface area contributed by atoms with Gasteiger partial charge >= 0.3 is 0 Å². The molecule has 2 aromatic carbocycles. The van der Waals surface area contributed by atoms with Crippen molar-refractivity contribution in [1.29, 1.82) is 0 Å². The lowest BCUT2D eigenvalue weighted by Crippen LogP contribution is -2.32. The van der Waals surface area contributed by atoms with E-state index in [0.717, 1.165) is 11.3 Å². The van der Waals surface area contributed by atoms with E-state index >= 15 is 0 Å². The average Bonchev–Trinajstić information content (AvgIpc) is 3.05. The van der Waals surface area contributed by atoms with Crippen LogP contribution in [0.15, 0.2) is 48.5 Å². The molecule has 26 heavy (non-hydrogen) atoms. The molecule has 0 radical (unpaired) electrons. The van der Waals surface area contributed by atoms with Gasteiger partial charge in [-0.05, 0) is 37.3 Å². The first-order chi connectivity index (χ1) is 12.6. The number of fused-ring (bicyclic) bond motifs is 1. The summed E-state index contributed by atoms with van der Waals surface area (Å²) in [6, 6.07) is 13.4. The second kappa shape index (κ2) is 6.59. The van der Waals surface area contributed by atoms with Crippen LogP contribution in [0.5, 0.6) is 5.75 Å². The van der Waals surface area contributed by atoms with Gasteiger partial charge in [0.1, 0.15) is 17.4 Å². The van der Waals surface area contributed by atoms with Crippen LogP contribution >= 0.6 is 0 Å². The van der Waals surface area contributed by atoms with Gasteiger partial charge in [-0.2, -0.15) is 0 Å². The summed E-state index contributed by atoms with van der Waals surface area (Å²) in [6.45, 7) is 2.29. The molecule has 6 nitrogen and oxygen atoms in total. The SMILES string of the molecule is Cc1nc(C(=O)NC2CCOc3ccccc32)nn1-c1ccc(F)cc1. The molecule has 1 unspecified atom stereocenters. The van der Waals surface area contributed by atoms with Gasteiger partial charge in [0.2, 0.25) is 5.82 Å². The van der Waals surface area contributed by atoms with Gasteiger partial charge in [0.25, 0.3) is 5.91 Å². The van der Waals surface area contributed by atoms with Gasteiger partial charge in [-0.25, -0.2) is 14.1 Å². The molecular weight excluding hydrogens is 335 g/mol. The topological polar surface area (TPSA) is 69.0 Å². The summed E-state index contributed by atoms with van der Waals surface area (Å²) >= 11 is 0. The predicted octanol–water partition coefficient (Wildman–Crippen LogP) is 2.97. The van der Waals surface area contributed by atoms with Crippen LogP contribution in [0.4, 0.5) is 4.39 Å². The summed E-state index contributed by atoms with van der Waals surface area (Å²) in [5.41, 5.74) is 1.59. The molecule has 1 aliphatic rings. The second-order valence-electron chi connectivity index (χ2n) is 6.07.